The molecular formula is C9H8INO2. The molecule has 0 amide bonds. The summed E-state index contributed by atoms with van der Waals surface area (Å²) < 4.78 is 1.14. The van der Waals surface area contributed by atoms with E-state index in [1.54, 1.807) is 0 Å². The Bertz CT molecular complexity index is 319. The van der Waals surface area contributed by atoms with Crippen molar-refractivity contribution in [3.63, 3.8) is 0 Å². The Morgan fingerprint density at radius 1 is 1.38 bits per heavy atom. The number of rotatable bonds is 3. The van der Waals surface area contributed by atoms with Crippen LogP contribution in [0.1, 0.15) is 0 Å². The summed E-state index contributed by atoms with van der Waals surface area (Å²) in [6.45, 7) is 0. The molecule has 0 aliphatic carbocycles. The molecule has 4 heteroatoms. The second kappa shape index (κ2) is 4.86. The molecule has 0 atom stereocenters. The van der Waals surface area contributed by atoms with E-state index in [-0.39, 0.29) is 0 Å². The van der Waals surface area contributed by atoms with Crippen molar-refractivity contribution in [1.82, 2.24) is 0 Å². The number of carbonyl (C=O) groups is 1. The molecule has 0 fully saturated rings. The zero-order valence-corrected chi connectivity index (χ0v) is 8.86. The van der Waals surface area contributed by atoms with Gasteiger partial charge in [-0.3, -0.25) is 0 Å². The standard InChI is InChI=1S/C9H8INO2/c10-7-1-3-8(4-2-7)11-6-5-9(12)13/h1-6,11H,(H,12,13)/b6-5+. The van der Waals surface area contributed by atoms with E-state index in [1.807, 2.05) is 24.3 Å². The van der Waals surface area contributed by atoms with E-state index in [2.05, 4.69) is 27.9 Å². The van der Waals surface area contributed by atoms with Gasteiger partial charge in [0.15, 0.2) is 0 Å². The van der Waals surface area contributed by atoms with Crippen molar-refractivity contribution in [2.45, 2.75) is 0 Å². The molecule has 0 radical (unpaired) electrons. The number of hydrogen-bond donors (Lipinski definition) is 2. The lowest BCUT2D eigenvalue weighted by molar-refractivity contribution is -0.131. The van der Waals surface area contributed by atoms with Crippen LogP contribution >= 0.6 is 22.6 Å². The molecule has 0 unspecified atom stereocenters. The molecule has 0 aromatic heterocycles. The van der Waals surface area contributed by atoms with Gasteiger partial charge in [0, 0.05) is 21.5 Å². The first kappa shape index (κ1) is 10.0. The number of carboxylic acids is 1. The SMILES string of the molecule is O=C(O)/C=C/Nc1ccc(I)cc1. The molecule has 2 N–H and O–H groups in total. The van der Waals surface area contributed by atoms with Gasteiger partial charge >= 0.3 is 5.97 Å². The predicted octanol–water partition coefficient (Wildman–Crippen LogP) is 2.30. The molecule has 0 bridgehead atoms. The summed E-state index contributed by atoms with van der Waals surface area (Å²) in [5.41, 5.74) is 0.873. The fourth-order valence-corrected chi connectivity index (χ4v) is 1.11. The van der Waals surface area contributed by atoms with Gasteiger partial charge in [-0.2, -0.15) is 0 Å². The van der Waals surface area contributed by atoms with Gasteiger partial charge in [0.05, 0.1) is 0 Å². The molecule has 0 spiro atoms. The number of anilines is 1. The van der Waals surface area contributed by atoms with Crippen LogP contribution in [0.5, 0.6) is 0 Å². The maximum absolute atomic E-state index is 10.1. The largest absolute Gasteiger partial charge is 0.478 e. The van der Waals surface area contributed by atoms with Crippen molar-refractivity contribution >= 4 is 34.2 Å². The Labute approximate surface area is 89.6 Å². The van der Waals surface area contributed by atoms with Crippen LogP contribution in [0.4, 0.5) is 5.69 Å². The number of aliphatic carboxylic acids is 1. The van der Waals surface area contributed by atoms with Crippen molar-refractivity contribution in [3.8, 4) is 0 Å². The highest BCUT2D eigenvalue weighted by Gasteiger charge is 1.89. The third-order valence-electron chi connectivity index (χ3n) is 1.32. The lowest BCUT2D eigenvalue weighted by Gasteiger charge is -1.98. The Morgan fingerprint density at radius 3 is 2.54 bits per heavy atom. The summed E-state index contributed by atoms with van der Waals surface area (Å²) >= 11 is 2.20. The van der Waals surface area contributed by atoms with Gasteiger partial charge in [0.1, 0.15) is 0 Å². The van der Waals surface area contributed by atoms with Crippen molar-refractivity contribution in [3.05, 3.63) is 40.1 Å². The maximum atomic E-state index is 10.1. The normalized spacial score (nSPS) is 10.2. The fraction of sp³-hybridized carbons (Fsp3) is 0. The van der Waals surface area contributed by atoms with E-state index < -0.39 is 5.97 Å². The van der Waals surface area contributed by atoms with Crippen LogP contribution in [0.25, 0.3) is 0 Å². The topological polar surface area (TPSA) is 49.3 Å². The number of hydrogen-bond acceptors (Lipinski definition) is 2. The minimum atomic E-state index is -0.960. The second-order valence-electron chi connectivity index (χ2n) is 2.32. The van der Waals surface area contributed by atoms with Crippen LogP contribution in [0, 0.1) is 3.57 Å². The van der Waals surface area contributed by atoms with E-state index in [0.29, 0.717) is 0 Å². The van der Waals surface area contributed by atoms with E-state index in [4.69, 9.17) is 5.11 Å². The molecular weight excluding hydrogens is 281 g/mol. The van der Waals surface area contributed by atoms with Crippen LogP contribution in [0.15, 0.2) is 36.5 Å². The number of benzene rings is 1. The third-order valence-corrected chi connectivity index (χ3v) is 2.04. The Morgan fingerprint density at radius 2 is 2.00 bits per heavy atom. The minimum absolute atomic E-state index is 0.873. The number of nitrogens with one attached hydrogen (secondary N) is 1. The molecule has 0 aliphatic heterocycles. The van der Waals surface area contributed by atoms with Crippen LogP contribution < -0.4 is 5.32 Å². The van der Waals surface area contributed by atoms with Gasteiger partial charge in [-0.05, 0) is 46.9 Å². The van der Waals surface area contributed by atoms with Crippen LogP contribution in [-0.2, 0) is 4.79 Å². The van der Waals surface area contributed by atoms with Gasteiger partial charge < -0.3 is 10.4 Å². The van der Waals surface area contributed by atoms with Gasteiger partial charge in [-0.25, -0.2) is 4.79 Å². The lowest BCUT2D eigenvalue weighted by Crippen LogP contribution is -1.91. The summed E-state index contributed by atoms with van der Waals surface area (Å²) in [6.07, 6.45) is 2.45. The average molecular weight is 289 g/mol. The molecule has 1 rings (SSSR count). The van der Waals surface area contributed by atoms with Crippen LogP contribution in [0.3, 0.4) is 0 Å². The van der Waals surface area contributed by atoms with Crippen molar-refractivity contribution in [1.29, 1.82) is 0 Å². The molecule has 0 aliphatic rings. The number of halogens is 1. The van der Waals surface area contributed by atoms with E-state index in [0.717, 1.165) is 15.3 Å². The molecule has 1 aromatic rings. The molecule has 0 saturated carbocycles. The van der Waals surface area contributed by atoms with E-state index in [1.165, 1.54) is 6.20 Å². The van der Waals surface area contributed by atoms with Crippen molar-refractivity contribution < 1.29 is 9.90 Å². The Kier molecular flexibility index (Phi) is 3.75. The number of carboxylic acid groups (broad SMARTS) is 1. The zero-order chi connectivity index (χ0) is 9.68. The highest BCUT2D eigenvalue weighted by molar-refractivity contribution is 14.1. The average Bonchev–Trinajstić information content (AvgIpc) is 2.08. The van der Waals surface area contributed by atoms with Gasteiger partial charge in [0.2, 0.25) is 0 Å². The fourth-order valence-electron chi connectivity index (χ4n) is 0.755. The predicted molar refractivity (Wildman–Crippen MR) is 59.6 cm³/mol. The minimum Gasteiger partial charge on any atom is -0.478 e. The molecule has 0 saturated heterocycles. The zero-order valence-electron chi connectivity index (χ0n) is 6.70. The van der Waals surface area contributed by atoms with E-state index >= 15 is 0 Å². The first-order chi connectivity index (χ1) is 6.18. The monoisotopic (exact) mass is 289 g/mol. The molecule has 3 nitrogen and oxygen atoms in total. The van der Waals surface area contributed by atoms with Crippen molar-refractivity contribution in [2.24, 2.45) is 0 Å². The highest BCUT2D eigenvalue weighted by atomic mass is 127. The molecule has 68 valence electrons. The van der Waals surface area contributed by atoms with Gasteiger partial charge in [-0.1, -0.05) is 0 Å². The second-order valence-corrected chi connectivity index (χ2v) is 3.57. The first-order valence-corrected chi connectivity index (χ1v) is 4.68. The highest BCUT2D eigenvalue weighted by Crippen LogP contribution is 2.10. The van der Waals surface area contributed by atoms with Gasteiger partial charge in [0.25, 0.3) is 0 Å². The molecule has 1 aromatic carbocycles. The molecule has 13 heavy (non-hydrogen) atoms. The van der Waals surface area contributed by atoms with Crippen molar-refractivity contribution in [2.75, 3.05) is 5.32 Å². The summed E-state index contributed by atoms with van der Waals surface area (Å²) in [4.78, 5) is 10.1. The van der Waals surface area contributed by atoms with Crippen LogP contribution in [0.2, 0.25) is 0 Å². The van der Waals surface area contributed by atoms with Gasteiger partial charge in [-0.15, -0.1) is 0 Å². The Hall–Kier alpha value is -1.04. The first-order valence-electron chi connectivity index (χ1n) is 3.60. The summed E-state index contributed by atoms with van der Waals surface area (Å²) in [5, 5.41) is 11.1. The third kappa shape index (κ3) is 3.93. The maximum Gasteiger partial charge on any atom is 0.329 e. The summed E-state index contributed by atoms with van der Waals surface area (Å²) in [5.74, 6) is -0.960. The quantitative estimate of drug-likeness (QED) is 0.663. The summed E-state index contributed by atoms with van der Waals surface area (Å²) in [7, 11) is 0. The van der Waals surface area contributed by atoms with Crippen LogP contribution in [-0.4, -0.2) is 11.1 Å². The van der Waals surface area contributed by atoms with E-state index in [9.17, 15) is 4.79 Å². The Balaban J connectivity index is 2.55. The lowest BCUT2D eigenvalue weighted by atomic mass is 10.3. The smallest absolute Gasteiger partial charge is 0.329 e. The molecule has 0 heterocycles. The summed E-state index contributed by atoms with van der Waals surface area (Å²) in [6, 6.07) is 7.65.